The molecule has 0 aromatic carbocycles. The zero-order valence-corrected chi connectivity index (χ0v) is 7.21. The fraction of sp³-hybridized carbons (Fsp3) is 0.750. The van der Waals surface area contributed by atoms with Crippen LogP contribution in [-0.2, 0) is 0 Å². The molecule has 2 nitrogen and oxygen atoms in total. The summed E-state index contributed by atoms with van der Waals surface area (Å²) in [4.78, 5) is 0. The van der Waals surface area contributed by atoms with Gasteiger partial charge in [-0.05, 0) is 32.8 Å². The van der Waals surface area contributed by atoms with E-state index >= 15 is 0 Å². The van der Waals surface area contributed by atoms with Crippen LogP contribution in [-0.4, -0.2) is 5.54 Å². The highest BCUT2D eigenvalue weighted by Crippen LogP contribution is 2.25. The first-order valence-electron chi connectivity index (χ1n) is 3.81. The van der Waals surface area contributed by atoms with E-state index in [0.717, 1.165) is 6.42 Å². The lowest BCUT2D eigenvalue weighted by molar-refractivity contribution is 0.405. The molecule has 2 heteroatoms. The van der Waals surface area contributed by atoms with Gasteiger partial charge >= 0.3 is 0 Å². The van der Waals surface area contributed by atoms with E-state index in [1.165, 1.54) is 11.3 Å². The van der Waals surface area contributed by atoms with Crippen LogP contribution in [0.15, 0.2) is 11.3 Å². The molecular weight excluding hydrogens is 124 g/mol. The van der Waals surface area contributed by atoms with Crippen molar-refractivity contribution in [3.05, 3.63) is 11.3 Å². The maximum absolute atomic E-state index is 3.26. The lowest BCUT2D eigenvalue weighted by atomic mass is 9.91. The van der Waals surface area contributed by atoms with Gasteiger partial charge in [-0.3, -0.25) is 0 Å². The summed E-state index contributed by atoms with van der Waals surface area (Å²) in [5, 5.41) is 0. The maximum Gasteiger partial charge on any atom is 0.0565 e. The third-order valence-electron chi connectivity index (χ3n) is 2.62. The summed E-state index contributed by atoms with van der Waals surface area (Å²) < 4.78 is 0. The third kappa shape index (κ3) is 0.926. The van der Waals surface area contributed by atoms with Gasteiger partial charge in [0.25, 0.3) is 0 Å². The molecule has 1 unspecified atom stereocenters. The van der Waals surface area contributed by atoms with Crippen LogP contribution in [0, 0.1) is 0 Å². The third-order valence-corrected chi connectivity index (χ3v) is 2.62. The predicted octanol–water partition coefficient (Wildman–Crippen LogP) is 1.56. The molecule has 0 radical (unpaired) electrons. The van der Waals surface area contributed by atoms with Gasteiger partial charge in [-0.2, -0.15) is 0 Å². The molecule has 0 aromatic heterocycles. The largest absolute Gasteiger partial charge is 0.325 e. The van der Waals surface area contributed by atoms with Crippen molar-refractivity contribution in [1.29, 1.82) is 0 Å². The van der Waals surface area contributed by atoms with Gasteiger partial charge in [-0.25, -0.2) is 5.43 Å². The van der Waals surface area contributed by atoms with Crippen molar-refractivity contribution in [1.82, 2.24) is 10.9 Å². The molecule has 1 rings (SSSR count). The zero-order chi connectivity index (χ0) is 7.78. The Balaban J connectivity index is 2.85. The molecule has 0 fully saturated rings. The van der Waals surface area contributed by atoms with Gasteiger partial charge in [-0.1, -0.05) is 6.92 Å². The number of hydrogen-bond donors (Lipinski definition) is 2. The minimum Gasteiger partial charge on any atom is -0.325 e. The highest BCUT2D eigenvalue weighted by atomic mass is 15.4. The molecule has 0 saturated carbocycles. The molecule has 0 saturated heterocycles. The molecule has 0 aliphatic carbocycles. The Hall–Kier alpha value is -0.500. The van der Waals surface area contributed by atoms with E-state index in [1.807, 2.05) is 0 Å². The van der Waals surface area contributed by atoms with Crippen molar-refractivity contribution >= 4 is 0 Å². The van der Waals surface area contributed by atoms with Gasteiger partial charge in [0.15, 0.2) is 0 Å². The van der Waals surface area contributed by atoms with Crippen molar-refractivity contribution in [2.45, 2.75) is 39.7 Å². The van der Waals surface area contributed by atoms with Crippen LogP contribution in [0.3, 0.4) is 0 Å². The molecule has 1 atom stereocenters. The van der Waals surface area contributed by atoms with Crippen molar-refractivity contribution in [3.8, 4) is 0 Å². The standard InChI is InChI=1S/C8H16N2/c1-5-8(4)6(2)7(3)9-10-8/h9-10H,5H2,1-4H3. The number of nitrogens with one attached hydrogen (secondary N) is 2. The van der Waals surface area contributed by atoms with E-state index in [4.69, 9.17) is 0 Å². The summed E-state index contributed by atoms with van der Waals surface area (Å²) in [6.45, 7) is 8.68. The number of hydrogen-bond acceptors (Lipinski definition) is 2. The van der Waals surface area contributed by atoms with E-state index in [0.29, 0.717) is 0 Å². The SMILES string of the molecule is CCC1(C)NNC(C)=C1C. The fourth-order valence-corrected chi connectivity index (χ4v) is 1.19. The molecule has 2 N–H and O–H groups in total. The second-order valence-electron chi connectivity index (χ2n) is 3.19. The van der Waals surface area contributed by atoms with Crippen LogP contribution in [0.25, 0.3) is 0 Å². The normalized spacial score (nSPS) is 32.8. The predicted molar refractivity (Wildman–Crippen MR) is 43.3 cm³/mol. The lowest BCUT2D eigenvalue weighted by Crippen LogP contribution is -2.42. The average Bonchev–Trinajstić information content (AvgIpc) is 2.19. The molecule has 0 bridgehead atoms. The zero-order valence-electron chi connectivity index (χ0n) is 7.21. The summed E-state index contributed by atoms with van der Waals surface area (Å²) in [7, 11) is 0. The summed E-state index contributed by atoms with van der Waals surface area (Å²) in [6, 6.07) is 0. The molecule has 58 valence electrons. The Morgan fingerprint density at radius 1 is 1.40 bits per heavy atom. The van der Waals surface area contributed by atoms with Gasteiger partial charge in [-0.15, -0.1) is 0 Å². The lowest BCUT2D eigenvalue weighted by Gasteiger charge is -2.23. The van der Waals surface area contributed by atoms with Crippen LogP contribution in [0.2, 0.25) is 0 Å². The van der Waals surface area contributed by atoms with Crippen LogP contribution in [0.4, 0.5) is 0 Å². The highest BCUT2D eigenvalue weighted by Gasteiger charge is 2.29. The van der Waals surface area contributed by atoms with E-state index < -0.39 is 0 Å². The Morgan fingerprint density at radius 2 is 2.00 bits per heavy atom. The van der Waals surface area contributed by atoms with Crippen molar-refractivity contribution in [3.63, 3.8) is 0 Å². The molecule has 10 heavy (non-hydrogen) atoms. The fourth-order valence-electron chi connectivity index (χ4n) is 1.19. The smallest absolute Gasteiger partial charge is 0.0565 e. The maximum atomic E-state index is 3.26. The van der Waals surface area contributed by atoms with E-state index in [-0.39, 0.29) is 5.54 Å². The molecule has 0 amide bonds. The quantitative estimate of drug-likeness (QED) is 0.577. The molecule has 0 spiro atoms. The topological polar surface area (TPSA) is 24.1 Å². The van der Waals surface area contributed by atoms with Crippen molar-refractivity contribution < 1.29 is 0 Å². The van der Waals surface area contributed by atoms with Crippen LogP contribution < -0.4 is 10.9 Å². The van der Waals surface area contributed by atoms with Crippen molar-refractivity contribution in [2.75, 3.05) is 0 Å². The summed E-state index contributed by atoms with van der Waals surface area (Å²) in [5.41, 5.74) is 9.28. The van der Waals surface area contributed by atoms with Crippen LogP contribution in [0.1, 0.15) is 34.1 Å². The Morgan fingerprint density at radius 3 is 2.20 bits per heavy atom. The minimum absolute atomic E-state index is 0.185. The monoisotopic (exact) mass is 140 g/mol. The van der Waals surface area contributed by atoms with Crippen LogP contribution in [0.5, 0.6) is 0 Å². The van der Waals surface area contributed by atoms with E-state index in [2.05, 4.69) is 38.5 Å². The second kappa shape index (κ2) is 2.27. The van der Waals surface area contributed by atoms with Crippen molar-refractivity contribution in [2.24, 2.45) is 0 Å². The number of rotatable bonds is 1. The number of allylic oxidation sites excluding steroid dienone is 1. The first-order chi connectivity index (χ1) is 4.60. The van der Waals surface area contributed by atoms with Gasteiger partial charge in [0.1, 0.15) is 0 Å². The summed E-state index contributed by atoms with van der Waals surface area (Å²) >= 11 is 0. The Bertz CT molecular complexity index is 172. The first-order valence-corrected chi connectivity index (χ1v) is 3.81. The second-order valence-corrected chi connectivity index (χ2v) is 3.19. The van der Waals surface area contributed by atoms with Gasteiger partial charge < -0.3 is 5.43 Å². The molecule has 1 heterocycles. The first kappa shape index (κ1) is 7.61. The van der Waals surface area contributed by atoms with E-state index in [9.17, 15) is 0 Å². The Labute approximate surface area is 62.7 Å². The van der Waals surface area contributed by atoms with Gasteiger partial charge in [0, 0.05) is 5.70 Å². The summed E-state index contributed by atoms with van der Waals surface area (Å²) in [5.74, 6) is 0. The molecule has 1 aliphatic rings. The van der Waals surface area contributed by atoms with Crippen LogP contribution >= 0.6 is 0 Å². The van der Waals surface area contributed by atoms with E-state index in [1.54, 1.807) is 0 Å². The number of hydrazine groups is 1. The molecule has 1 aliphatic heterocycles. The summed E-state index contributed by atoms with van der Waals surface area (Å²) in [6.07, 6.45) is 1.13. The Kier molecular flexibility index (Phi) is 1.73. The van der Waals surface area contributed by atoms with Gasteiger partial charge in [0.2, 0.25) is 0 Å². The molecule has 0 aromatic rings. The minimum atomic E-state index is 0.185. The molecular formula is C8H16N2. The van der Waals surface area contributed by atoms with Gasteiger partial charge in [0.05, 0.1) is 5.54 Å². The highest BCUT2D eigenvalue weighted by molar-refractivity contribution is 5.25. The average molecular weight is 140 g/mol.